The minimum Gasteiger partial charge on any atom is -0.311 e. The summed E-state index contributed by atoms with van der Waals surface area (Å²) in [5.41, 5.74) is 1.24. The zero-order valence-corrected chi connectivity index (χ0v) is 13.6. The van der Waals surface area contributed by atoms with Gasteiger partial charge in [-0.25, -0.2) is 0 Å². The minimum atomic E-state index is 0.784. The lowest BCUT2D eigenvalue weighted by molar-refractivity contribution is 0.284. The number of nitrogens with one attached hydrogen (secondary N) is 1. The lowest BCUT2D eigenvalue weighted by Gasteiger charge is -2.19. The number of hydrogen-bond acceptors (Lipinski definition) is 2. The molecular weight excluding hydrogens is 324 g/mol. The first kappa shape index (κ1) is 15.3. The molecule has 1 aliphatic rings. The van der Waals surface area contributed by atoms with Crippen molar-refractivity contribution in [2.24, 2.45) is 0 Å². The van der Waals surface area contributed by atoms with E-state index >= 15 is 0 Å². The van der Waals surface area contributed by atoms with E-state index in [2.05, 4.69) is 32.2 Å². The van der Waals surface area contributed by atoms with Crippen LogP contribution in [0.1, 0.15) is 31.2 Å². The fourth-order valence-corrected chi connectivity index (χ4v) is 2.93. The standard InChI is InChI=1S/C15H22BrClN2/c16-14-6-5-13(11-15(14)17)12-18-7-10-19-8-3-1-2-4-9-19/h5-6,11,18H,1-4,7-10,12H2. The van der Waals surface area contributed by atoms with E-state index in [4.69, 9.17) is 11.6 Å². The maximum absolute atomic E-state index is 6.08. The van der Waals surface area contributed by atoms with Crippen LogP contribution in [0.15, 0.2) is 22.7 Å². The van der Waals surface area contributed by atoms with Crippen molar-refractivity contribution >= 4 is 27.5 Å². The van der Waals surface area contributed by atoms with Crippen molar-refractivity contribution in [3.8, 4) is 0 Å². The highest BCUT2D eigenvalue weighted by atomic mass is 79.9. The van der Waals surface area contributed by atoms with Crippen LogP contribution in [0.25, 0.3) is 0 Å². The van der Waals surface area contributed by atoms with Crippen molar-refractivity contribution in [1.29, 1.82) is 0 Å². The van der Waals surface area contributed by atoms with Gasteiger partial charge in [0.05, 0.1) is 5.02 Å². The van der Waals surface area contributed by atoms with Crippen LogP contribution in [-0.2, 0) is 6.54 Å². The fraction of sp³-hybridized carbons (Fsp3) is 0.600. The van der Waals surface area contributed by atoms with E-state index in [-0.39, 0.29) is 0 Å². The predicted molar refractivity (Wildman–Crippen MR) is 85.8 cm³/mol. The van der Waals surface area contributed by atoms with Crippen molar-refractivity contribution in [1.82, 2.24) is 10.2 Å². The molecule has 0 bridgehead atoms. The van der Waals surface area contributed by atoms with Gasteiger partial charge in [-0.15, -0.1) is 0 Å². The van der Waals surface area contributed by atoms with Gasteiger partial charge in [0.2, 0.25) is 0 Å². The van der Waals surface area contributed by atoms with E-state index in [1.165, 1.54) is 44.3 Å². The Kier molecular flexibility index (Phi) is 6.65. The molecular formula is C15H22BrClN2. The van der Waals surface area contributed by atoms with Gasteiger partial charge in [0.1, 0.15) is 0 Å². The number of halogens is 2. The summed E-state index contributed by atoms with van der Waals surface area (Å²) in [5.74, 6) is 0. The Morgan fingerprint density at radius 3 is 2.58 bits per heavy atom. The second-order valence-corrected chi connectivity index (χ2v) is 6.44. The van der Waals surface area contributed by atoms with Crippen molar-refractivity contribution in [3.63, 3.8) is 0 Å². The van der Waals surface area contributed by atoms with Gasteiger partial charge in [0.25, 0.3) is 0 Å². The summed E-state index contributed by atoms with van der Waals surface area (Å²) in [5, 5.41) is 4.28. The first-order valence-electron chi connectivity index (χ1n) is 7.13. The third kappa shape index (κ3) is 5.42. The Morgan fingerprint density at radius 2 is 1.89 bits per heavy atom. The zero-order chi connectivity index (χ0) is 13.5. The predicted octanol–water partition coefficient (Wildman–Crippen LogP) is 4.07. The Hall–Kier alpha value is -0.0900. The van der Waals surface area contributed by atoms with E-state index in [0.29, 0.717) is 0 Å². The van der Waals surface area contributed by atoms with Gasteiger partial charge in [0, 0.05) is 24.1 Å². The molecule has 1 fully saturated rings. The molecule has 2 rings (SSSR count). The molecule has 1 saturated heterocycles. The van der Waals surface area contributed by atoms with Crippen molar-refractivity contribution in [2.75, 3.05) is 26.2 Å². The molecule has 0 aliphatic carbocycles. The molecule has 4 heteroatoms. The van der Waals surface area contributed by atoms with Crippen LogP contribution in [0.5, 0.6) is 0 Å². The molecule has 0 radical (unpaired) electrons. The van der Waals surface area contributed by atoms with E-state index in [1.807, 2.05) is 12.1 Å². The Balaban J connectivity index is 1.67. The molecule has 0 unspecified atom stereocenters. The summed E-state index contributed by atoms with van der Waals surface area (Å²) < 4.78 is 0.961. The molecule has 0 amide bonds. The highest BCUT2D eigenvalue weighted by Gasteiger charge is 2.07. The Morgan fingerprint density at radius 1 is 1.16 bits per heavy atom. The lowest BCUT2D eigenvalue weighted by Crippen LogP contribution is -2.32. The number of rotatable bonds is 5. The molecule has 2 nitrogen and oxygen atoms in total. The van der Waals surface area contributed by atoms with Gasteiger partial charge in [-0.2, -0.15) is 0 Å². The first-order valence-corrected chi connectivity index (χ1v) is 8.30. The summed E-state index contributed by atoms with van der Waals surface area (Å²) in [6.45, 7) is 5.64. The molecule has 0 spiro atoms. The largest absolute Gasteiger partial charge is 0.311 e. The summed E-state index contributed by atoms with van der Waals surface area (Å²) in [7, 11) is 0. The zero-order valence-electron chi connectivity index (χ0n) is 11.3. The van der Waals surface area contributed by atoms with Crippen LogP contribution in [0.3, 0.4) is 0 Å². The number of nitrogens with zero attached hydrogens (tertiary/aromatic N) is 1. The van der Waals surface area contributed by atoms with Crippen LogP contribution in [0, 0.1) is 0 Å². The third-order valence-corrected chi connectivity index (χ3v) is 4.85. The van der Waals surface area contributed by atoms with Gasteiger partial charge >= 0.3 is 0 Å². The lowest BCUT2D eigenvalue weighted by atomic mass is 10.2. The molecule has 0 saturated carbocycles. The second kappa shape index (κ2) is 8.25. The highest BCUT2D eigenvalue weighted by Crippen LogP contribution is 2.23. The molecule has 1 aliphatic heterocycles. The molecule has 19 heavy (non-hydrogen) atoms. The number of hydrogen-bond donors (Lipinski definition) is 1. The molecule has 0 aromatic heterocycles. The van der Waals surface area contributed by atoms with Gasteiger partial charge in [-0.1, -0.05) is 30.5 Å². The average molecular weight is 346 g/mol. The summed E-state index contributed by atoms with van der Waals surface area (Å²) in [6, 6.07) is 6.13. The second-order valence-electron chi connectivity index (χ2n) is 5.18. The summed E-state index contributed by atoms with van der Waals surface area (Å²) in [6.07, 6.45) is 5.54. The van der Waals surface area contributed by atoms with Crippen LogP contribution < -0.4 is 5.32 Å². The normalized spacial score (nSPS) is 17.4. The maximum atomic E-state index is 6.08. The van der Waals surface area contributed by atoms with Crippen molar-refractivity contribution in [3.05, 3.63) is 33.3 Å². The van der Waals surface area contributed by atoms with Crippen LogP contribution in [0.4, 0.5) is 0 Å². The average Bonchev–Trinajstić information content (AvgIpc) is 2.67. The van der Waals surface area contributed by atoms with Crippen LogP contribution in [0.2, 0.25) is 5.02 Å². The maximum Gasteiger partial charge on any atom is 0.0551 e. The van der Waals surface area contributed by atoms with E-state index in [0.717, 1.165) is 29.1 Å². The van der Waals surface area contributed by atoms with Crippen molar-refractivity contribution in [2.45, 2.75) is 32.2 Å². The van der Waals surface area contributed by atoms with Crippen molar-refractivity contribution < 1.29 is 0 Å². The quantitative estimate of drug-likeness (QED) is 0.809. The summed E-state index contributed by atoms with van der Waals surface area (Å²) >= 11 is 9.50. The molecule has 106 valence electrons. The topological polar surface area (TPSA) is 15.3 Å². The van der Waals surface area contributed by atoms with E-state index < -0.39 is 0 Å². The van der Waals surface area contributed by atoms with Gasteiger partial charge in [-0.05, 0) is 59.6 Å². The van der Waals surface area contributed by atoms with Crippen LogP contribution in [-0.4, -0.2) is 31.1 Å². The Bertz CT molecular complexity index is 390. The summed E-state index contributed by atoms with van der Waals surface area (Å²) in [4.78, 5) is 2.58. The molecule has 1 N–H and O–H groups in total. The minimum absolute atomic E-state index is 0.784. The third-order valence-electron chi connectivity index (χ3n) is 3.62. The van der Waals surface area contributed by atoms with Crippen LogP contribution >= 0.6 is 27.5 Å². The molecule has 0 atom stereocenters. The smallest absolute Gasteiger partial charge is 0.0551 e. The van der Waals surface area contributed by atoms with Gasteiger partial charge in [-0.3, -0.25) is 0 Å². The monoisotopic (exact) mass is 344 g/mol. The van der Waals surface area contributed by atoms with E-state index in [9.17, 15) is 0 Å². The number of benzene rings is 1. The first-order chi connectivity index (χ1) is 9.25. The Labute approximate surface area is 129 Å². The fourth-order valence-electron chi connectivity index (χ4n) is 2.48. The molecule has 1 heterocycles. The molecule has 1 aromatic carbocycles. The van der Waals surface area contributed by atoms with Gasteiger partial charge in [0.15, 0.2) is 0 Å². The van der Waals surface area contributed by atoms with Gasteiger partial charge < -0.3 is 10.2 Å². The highest BCUT2D eigenvalue weighted by molar-refractivity contribution is 9.10. The SMILES string of the molecule is Clc1cc(CNCCN2CCCCCC2)ccc1Br. The number of likely N-dealkylation sites (tertiary alicyclic amines) is 1. The molecule has 1 aromatic rings. The van der Waals surface area contributed by atoms with E-state index in [1.54, 1.807) is 0 Å².